The number of hydrogen-bond donors (Lipinski definition) is 2. The van der Waals surface area contributed by atoms with E-state index >= 15 is 0 Å². The van der Waals surface area contributed by atoms with Crippen molar-refractivity contribution in [2.45, 2.75) is 0 Å². The fourth-order valence-corrected chi connectivity index (χ4v) is 1.86. The zero-order valence-electron chi connectivity index (χ0n) is 9.86. The molecule has 20 heavy (non-hydrogen) atoms. The molecule has 0 aliphatic rings. The third-order valence-electron chi connectivity index (χ3n) is 2.19. The van der Waals surface area contributed by atoms with Gasteiger partial charge in [-0.05, 0) is 29.5 Å². The number of anilines is 2. The van der Waals surface area contributed by atoms with Crippen LogP contribution in [-0.4, -0.2) is 38.5 Å². The van der Waals surface area contributed by atoms with E-state index in [0.717, 1.165) is 16.4 Å². The van der Waals surface area contributed by atoms with Crippen LogP contribution in [0, 0.1) is 0 Å². The number of hydrogen-bond acceptors (Lipinski definition) is 6. The number of aliphatic carboxylic acids is 1. The molecule has 0 radical (unpaired) electrons. The highest BCUT2D eigenvalue weighted by molar-refractivity contribution is 7.09. The number of amides is 2. The van der Waals surface area contributed by atoms with Crippen LogP contribution in [0.4, 0.5) is 15.6 Å². The molecule has 1 aromatic heterocycles. The predicted octanol–water partition coefficient (Wildman–Crippen LogP) is 1.71. The van der Waals surface area contributed by atoms with Gasteiger partial charge in [-0.1, -0.05) is 21.2 Å². The standard InChI is InChI=1S/C10H8ClN5O3S/c11-6-1-3-7(4-2-6)16(5-8(17)18)10(19)12-9-13-14-15-20-9/h1-4H,5H2,(H,17,18)(H,12,13,15,19). The molecule has 0 atom stereocenters. The molecule has 2 rings (SSSR count). The number of carbonyl (C=O) groups is 2. The third kappa shape index (κ3) is 3.62. The lowest BCUT2D eigenvalue weighted by atomic mass is 10.3. The van der Waals surface area contributed by atoms with E-state index in [2.05, 4.69) is 20.1 Å². The van der Waals surface area contributed by atoms with E-state index in [1.54, 1.807) is 24.3 Å². The summed E-state index contributed by atoms with van der Waals surface area (Å²) < 4.78 is 3.49. The molecule has 1 heterocycles. The minimum Gasteiger partial charge on any atom is -0.480 e. The maximum Gasteiger partial charge on any atom is 0.328 e. The van der Waals surface area contributed by atoms with E-state index in [0.29, 0.717) is 10.7 Å². The number of carboxylic acid groups (broad SMARTS) is 1. The van der Waals surface area contributed by atoms with Crippen LogP contribution in [0.15, 0.2) is 24.3 Å². The normalized spacial score (nSPS) is 10.1. The fraction of sp³-hybridized carbons (Fsp3) is 0.100. The Balaban J connectivity index is 2.20. The van der Waals surface area contributed by atoms with E-state index in [9.17, 15) is 9.59 Å². The highest BCUT2D eigenvalue weighted by Gasteiger charge is 2.20. The van der Waals surface area contributed by atoms with Gasteiger partial charge in [0.2, 0.25) is 5.13 Å². The van der Waals surface area contributed by atoms with Crippen LogP contribution in [0.2, 0.25) is 5.02 Å². The van der Waals surface area contributed by atoms with Crippen molar-refractivity contribution in [2.24, 2.45) is 0 Å². The number of nitrogens with zero attached hydrogens (tertiary/aromatic N) is 4. The Kier molecular flexibility index (Phi) is 4.43. The number of benzene rings is 1. The first kappa shape index (κ1) is 14.2. The van der Waals surface area contributed by atoms with Crippen molar-refractivity contribution < 1.29 is 14.7 Å². The molecule has 0 spiro atoms. The molecule has 2 N–H and O–H groups in total. The van der Waals surface area contributed by atoms with E-state index < -0.39 is 18.5 Å². The zero-order valence-corrected chi connectivity index (χ0v) is 11.4. The lowest BCUT2D eigenvalue weighted by Crippen LogP contribution is -2.38. The van der Waals surface area contributed by atoms with Crippen LogP contribution in [0.1, 0.15) is 0 Å². The van der Waals surface area contributed by atoms with E-state index in [1.165, 1.54) is 0 Å². The van der Waals surface area contributed by atoms with Crippen molar-refractivity contribution >= 4 is 46.0 Å². The second-order valence-electron chi connectivity index (χ2n) is 3.55. The van der Waals surface area contributed by atoms with Gasteiger partial charge in [0.05, 0.1) is 0 Å². The average molecular weight is 314 g/mol. The van der Waals surface area contributed by atoms with Gasteiger partial charge in [0, 0.05) is 22.2 Å². The molecular formula is C10H8ClN5O3S. The molecule has 0 fully saturated rings. The number of rotatable bonds is 4. The number of carbonyl (C=O) groups excluding carboxylic acids is 1. The monoisotopic (exact) mass is 313 g/mol. The molecule has 104 valence electrons. The summed E-state index contributed by atoms with van der Waals surface area (Å²) >= 11 is 6.64. The second kappa shape index (κ2) is 6.26. The second-order valence-corrected chi connectivity index (χ2v) is 4.72. The molecule has 2 amide bonds. The summed E-state index contributed by atoms with van der Waals surface area (Å²) in [6.45, 7) is -0.500. The van der Waals surface area contributed by atoms with Crippen LogP contribution in [-0.2, 0) is 4.79 Å². The smallest absolute Gasteiger partial charge is 0.328 e. The quantitative estimate of drug-likeness (QED) is 0.889. The predicted molar refractivity (Wildman–Crippen MR) is 73.2 cm³/mol. The Bertz CT molecular complexity index is 604. The molecule has 0 unspecified atom stereocenters. The molecular weight excluding hydrogens is 306 g/mol. The van der Waals surface area contributed by atoms with Crippen LogP contribution >= 0.6 is 23.1 Å². The third-order valence-corrected chi connectivity index (χ3v) is 2.95. The molecule has 8 nitrogen and oxygen atoms in total. The lowest BCUT2D eigenvalue weighted by molar-refractivity contribution is -0.135. The first-order valence-electron chi connectivity index (χ1n) is 5.27. The van der Waals surface area contributed by atoms with Crippen molar-refractivity contribution in [3.63, 3.8) is 0 Å². The van der Waals surface area contributed by atoms with E-state index in [-0.39, 0.29) is 5.13 Å². The van der Waals surface area contributed by atoms with Crippen molar-refractivity contribution in [2.75, 3.05) is 16.8 Å². The molecule has 0 saturated carbocycles. The Morgan fingerprint density at radius 1 is 1.35 bits per heavy atom. The number of halogens is 1. The van der Waals surface area contributed by atoms with Gasteiger partial charge in [0.15, 0.2) is 0 Å². The Hall–Kier alpha value is -2.26. The van der Waals surface area contributed by atoms with Crippen LogP contribution in [0.5, 0.6) is 0 Å². The maximum absolute atomic E-state index is 12.1. The van der Waals surface area contributed by atoms with Crippen LogP contribution in [0.3, 0.4) is 0 Å². The Morgan fingerprint density at radius 3 is 2.60 bits per heavy atom. The number of urea groups is 1. The van der Waals surface area contributed by atoms with Crippen molar-refractivity contribution in [3.8, 4) is 0 Å². The number of carboxylic acids is 1. The zero-order chi connectivity index (χ0) is 14.5. The largest absolute Gasteiger partial charge is 0.480 e. The lowest BCUT2D eigenvalue weighted by Gasteiger charge is -2.20. The summed E-state index contributed by atoms with van der Waals surface area (Å²) in [5.74, 6) is -1.15. The molecule has 10 heteroatoms. The topological polar surface area (TPSA) is 108 Å². The number of aromatic nitrogens is 3. The molecule has 0 aliphatic heterocycles. The minimum absolute atomic E-state index is 0.180. The molecule has 0 aliphatic carbocycles. The Labute approximate surface area is 122 Å². The summed E-state index contributed by atoms with van der Waals surface area (Å²) in [6, 6.07) is 5.57. The molecule has 1 aromatic carbocycles. The number of nitrogens with one attached hydrogen (secondary N) is 1. The SMILES string of the molecule is O=C(O)CN(C(=O)Nc1nnns1)c1ccc(Cl)cc1. The van der Waals surface area contributed by atoms with Crippen molar-refractivity contribution in [1.29, 1.82) is 0 Å². The summed E-state index contributed by atoms with van der Waals surface area (Å²) in [5, 5.41) is 18.9. The summed E-state index contributed by atoms with van der Waals surface area (Å²) in [6.07, 6.45) is 0. The van der Waals surface area contributed by atoms with E-state index in [1.807, 2.05) is 0 Å². The van der Waals surface area contributed by atoms with Gasteiger partial charge in [-0.2, -0.15) is 0 Å². The molecule has 0 bridgehead atoms. The first-order chi connectivity index (χ1) is 9.56. The van der Waals surface area contributed by atoms with Gasteiger partial charge < -0.3 is 5.11 Å². The average Bonchev–Trinajstić information content (AvgIpc) is 2.89. The van der Waals surface area contributed by atoms with Gasteiger partial charge >= 0.3 is 12.0 Å². The fourth-order valence-electron chi connectivity index (χ4n) is 1.38. The molecule has 2 aromatic rings. The van der Waals surface area contributed by atoms with E-state index in [4.69, 9.17) is 16.7 Å². The summed E-state index contributed by atoms with van der Waals surface area (Å²) in [4.78, 5) is 24.0. The Morgan fingerprint density at radius 2 is 2.05 bits per heavy atom. The van der Waals surface area contributed by atoms with Crippen molar-refractivity contribution in [1.82, 2.24) is 14.8 Å². The highest BCUT2D eigenvalue weighted by Crippen LogP contribution is 2.19. The van der Waals surface area contributed by atoms with Gasteiger partial charge in [-0.15, -0.1) is 0 Å². The highest BCUT2D eigenvalue weighted by atomic mass is 35.5. The van der Waals surface area contributed by atoms with Crippen molar-refractivity contribution in [3.05, 3.63) is 29.3 Å². The summed E-state index contributed by atoms with van der Waals surface area (Å²) in [7, 11) is 0. The van der Waals surface area contributed by atoms with Crippen LogP contribution < -0.4 is 10.2 Å². The summed E-state index contributed by atoms with van der Waals surface area (Å²) in [5.41, 5.74) is 0.395. The minimum atomic E-state index is -1.15. The first-order valence-corrected chi connectivity index (χ1v) is 6.42. The van der Waals surface area contributed by atoms with Gasteiger partial charge in [-0.25, -0.2) is 4.79 Å². The maximum atomic E-state index is 12.1. The molecule has 0 saturated heterocycles. The van der Waals surface area contributed by atoms with Gasteiger partial charge in [-0.3, -0.25) is 15.0 Å². The van der Waals surface area contributed by atoms with Crippen LogP contribution in [0.25, 0.3) is 0 Å². The van der Waals surface area contributed by atoms with Gasteiger partial charge in [0.1, 0.15) is 6.54 Å². The van der Waals surface area contributed by atoms with Gasteiger partial charge in [0.25, 0.3) is 0 Å².